The molecule has 0 aromatic heterocycles. The lowest BCUT2D eigenvalue weighted by molar-refractivity contribution is 0.322. The number of hydrogen-bond acceptors (Lipinski definition) is 3. The van der Waals surface area contributed by atoms with Crippen LogP contribution in [-0.2, 0) is 6.42 Å². The highest BCUT2D eigenvalue weighted by Gasteiger charge is 2.39. The molecule has 1 atom stereocenters. The van der Waals surface area contributed by atoms with Gasteiger partial charge < -0.3 is 0 Å². The number of hydrogen-bond donors (Lipinski definition) is 2. The zero-order valence-corrected chi connectivity index (χ0v) is 18.7. The molecule has 1 aromatic rings. The monoisotopic (exact) mass is 397 g/mol. The van der Waals surface area contributed by atoms with Crippen molar-refractivity contribution in [2.75, 3.05) is 6.16 Å². The topological polar surface area (TPSA) is 49.7 Å². The van der Waals surface area contributed by atoms with Gasteiger partial charge in [0.2, 0.25) is 0 Å². The van der Waals surface area contributed by atoms with E-state index in [1.54, 1.807) is 0 Å². The minimum Gasteiger partial charge on any atom is -0.287 e. The van der Waals surface area contributed by atoms with Crippen LogP contribution in [0.1, 0.15) is 97.0 Å². The molecule has 0 aliphatic heterocycles. The highest BCUT2D eigenvalue weighted by Crippen LogP contribution is 2.53. The molecule has 0 amide bonds. The summed E-state index contributed by atoms with van der Waals surface area (Å²) in [5.74, 6) is 0.895. The number of benzene rings is 1. The first-order chi connectivity index (χ1) is 13.0. The molecule has 0 saturated heterocycles. The average molecular weight is 398 g/mol. The van der Waals surface area contributed by atoms with Gasteiger partial charge in [-0.1, -0.05) is 84.3 Å². The molecule has 0 aliphatic rings. The van der Waals surface area contributed by atoms with Gasteiger partial charge >= 0.3 is 7.94 Å². The van der Waals surface area contributed by atoms with Crippen molar-refractivity contribution in [2.24, 2.45) is 5.92 Å². The van der Waals surface area contributed by atoms with Gasteiger partial charge in [-0.15, -0.1) is 0 Å². The number of unbranched alkanes of at least 4 members (excludes halogenated alkanes) is 7. The first-order valence-corrected chi connectivity index (χ1v) is 12.9. The Bertz CT molecular complexity index is 473. The highest BCUT2D eigenvalue weighted by molar-refractivity contribution is 7.60. The molecule has 0 fully saturated rings. The lowest BCUT2D eigenvalue weighted by Crippen LogP contribution is -2.13. The SMILES string of the molecule is CCCCCCCCCc1ccc(O[P+](O)(O)CC(CC)CCCC)cc1. The van der Waals surface area contributed by atoms with Gasteiger partial charge in [0.05, 0.1) is 0 Å². The zero-order valence-electron chi connectivity index (χ0n) is 17.8. The highest BCUT2D eigenvalue weighted by atomic mass is 31.2. The Morgan fingerprint density at radius 1 is 0.815 bits per heavy atom. The molecule has 1 unspecified atom stereocenters. The van der Waals surface area contributed by atoms with Crippen LogP contribution >= 0.6 is 7.94 Å². The first kappa shape index (κ1) is 24.4. The lowest BCUT2D eigenvalue weighted by atomic mass is 10.0. The fourth-order valence-electron chi connectivity index (χ4n) is 3.46. The van der Waals surface area contributed by atoms with Crippen LogP contribution in [0.25, 0.3) is 0 Å². The van der Waals surface area contributed by atoms with Gasteiger partial charge in [0.15, 0.2) is 11.9 Å². The summed E-state index contributed by atoms with van der Waals surface area (Å²) in [6.07, 6.45) is 15.0. The van der Waals surface area contributed by atoms with Crippen molar-refractivity contribution in [3.8, 4) is 5.75 Å². The van der Waals surface area contributed by atoms with E-state index in [0.717, 1.165) is 32.1 Å². The molecular formula is C23H42O3P+. The standard InChI is InChI=1S/C23H42O3P/c1-4-7-9-10-11-12-13-15-22-16-18-23(19-17-22)26-27(24,25)20-21(6-3)14-8-5-2/h16-19,21,24-25H,4-15,20H2,1-3H3/q+1. The van der Waals surface area contributed by atoms with E-state index in [4.69, 9.17) is 4.52 Å². The third kappa shape index (κ3) is 11.7. The average Bonchev–Trinajstić information content (AvgIpc) is 2.65. The Labute approximate surface area is 168 Å². The quantitative estimate of drug-likeness (QED) is 0.227. The van der Waals surface area contributed by atoms with Gasteiger partial charge in [-0.3, -0.25) is 4.52 Å². The summed E-state index contributed by atoms with van der Waals surface area (Å²) in [7, 11) is -3.33. The van der Waals surface area contributed by atoms with Crippen LogP contribution < -0.4 is 4.52 Å². The van der Waals surface area contributed by atoms with Crippen molar-refractivity contribution >= 4 is 7.94 Å². The van der Waals surface area contributed by atoms with Crippen molar-refractivity contribution in [3.63, 3.8) is 0 Å². The Kier molecular flexibility index (Phi) is 13.0. The number of aryl methyl sites for hydroxylation is 1. The summed E-state index contributed by atoms with van der Waals surface area (Å²) in [6, 6.07) is 7.87. The molecule has 0 aliphatic carbocycles. The molecule has 0 radical (unpaired) electrons. The summed E-state index contributed by atoms with van der Waals surface area (Å²) in [5, 5.41) is 0. The van der Waals surface area contributed by atoms with Crippen molar-refractivity contribution in [1.29, 1.82) is 0 Å². The van der Waals surface area contributed by atoms with E-state index in [1.807, 2.05) is 12.1 Å². The van der Waals surface area contributed by atoms with Crippen LogP contribution in [0.5, 0.6) is 5.75 Å². The van der Waals surface area contributed by atoms with Crippen LogP contribution in [0.3, 0.4) is 0 Å². The summed E-state index contributed by atoms with van der Waals surface area (Å²) in [6.45, 7) is 6.53. The second kappa shape index (κ2) is 14.4. The fraction of sp³-hybridized carbons (Fsp3) is 0.739. The van der Waals surface area contributed by atoms with Gasteiger partial charge in [-0.25, -0.2) is 0 Å². The summed E-state index contributed by atoms with van der Waals surface area (Å²) in [4.78, 5) is 20.7. The third-order valence-electron chi connectivity index (χ3n) is 5.28. The molecule has 4 heteroatoms. The largest absolute Gasteiger partial charge is 0.452 e. The molecule has 2 N–H and O–H groups in total. The van der Waals surface area contributed by atoms with Gasteiger partial charge in [0, 0.05) is 5.92 Å². The van der Waals surface area contributed by atoms with Crippen molar-refractivity contribution in [1.82, 2.24) is 0 Å². The maximum absolute atomic E-state index is 10.3. The van der Waals surface area contributed by atoms with E-state index in [9.17, 15) is 9.79 Å². The molecule has 0 bridgehead atoms. The molecule has 0 saturated carbocycles. The van der Waals surface area contributed by atoms with Crippen LogP contribution in [0, 0.1) is 5.92 Å². The molecule has 1 rings (SSSR count). The van der Waals surface area contributed by atoms with Gasteiger partial charge in [0.25, 0.3) is 0 Å². The van der Waals surface area contributed by atoms with Crippen LogP contribution in [-0.4, -0.2) is 15.9 Å². The molecule has 3 nitrogen and oxygen atoms in total. The third-order valence-corrected chi connectivity index (χ3v) is 6.78. The van der Waals surface area contributed by atoms with Crippen LogP contribution in [0.2, 0.25) is 0 Å². The second-order valence-electron chi connectivity index (χ2n) is 7.87. The van der Waals surface area contributed by atoms with Crippen molar-refractivity contribution in [3.05, 3.63) is 29.8 Å². The lowest BCUT2D eigenvalue weighted by Gasteiger charge is -2.18. The smallest absolute Gasteiger partial charge is 0.287 e. The molecular weight excluding hydrogens is 355 g/mol. The van der Waals surface area contributed by atoms with E-state index in [1.165, 1.54) is 50.5 Å². The number of rotatable bonds is 16. The van der Waals surface area contributed by atoms with Gasteiger partial charge in [-0.2, -0.15) is 9.79 Å². The Morgan fingerprint density at radius 2 is 1.41 bits per heavy atom. The molecule has 156 valence electrons. The fourth-order valence-corrected chi connectivity index (χ4v) is 5.11. The van der Waals surface area contributed by atoms with E-state index in [0.29, 0.717) is 17.8 Å². The molecule has 0 heterocycles. The van der Waals surface area contributed by atoms with Crippen molar-refractivity contribution in [2.45, 2.75) is 97.8 Å². The van der Waals surface area contributed by atoms with Crippen LogP contribution in [0.4, 0.5) is 0 Å². The second-order valence-corrected chi connectivity index (χ2v) is 9.75. The normalized spacial score (nSPS) is 12.9. The van der Waals surface area contributed by atoms with Crippen molar-refractivity contribution < 1.29 is 14.3 Å². The molecule has 27 heavy (non-hydrogen) atoms. The summed E-state index contributed by atoms with van der Waals surface area (Å²) in [5.41, 5.74) is 1.30. The minimum absolute atomic E-state index is 0.324. The predicted molar refractivity (Wildman–Crippen MR) is 118 cm³/mol. The van der Waals surface area contributed by atoms with E-state index in [2.05, 4.69) is 32.9 Å². The zero-order chi connectivity index (χ0) is 20.0. The van der Waals surface area contributed by atoms with E-state index in [-0.39, 0.29) is 0 Å². The maximum Gasteiger partial charge on any atom is 0.452 e. The molecule has 0 spiro atoms. The predicted octanol–water partition coefficient (Wildman–Crippen LogP) is 7.32. The van der Waals surface area contributed by atoms with Gasteiger partial charge in [-0.05, 0) is 43.4 Å². The van der Waals surface area contributed by atoms with Gasteiger partial charge in [0.1, 0.15) is 0 Å². The summed E-state index contributed by atoms with van der Waals surface area (Å²) >= 11 is 0. The Morgan fingerprint density at radius 3 is 2.00 bits per heavy atom. The molecule has 1 aromatic carbocycles. The first-order valence-electron chi connectivity index (χ1n) is 11.1. The minimum atomic E-state index is -3.33. The van der Waals surface area contributed by atoms with E-state index < -0.39 is 7.94 Å². The van der Waals surface area contributed by atoms with Crippen LogP contribution in [0.15, 0.2) is 24.3 Å². The van der Waals surface area contributed by atoms with E-state index >= 15 is 0 Å². The Balaban J connectivity index is 2.35. The summed E-state index contributed by atoms with van der Waals surface area (Å²) < 4.78 is 5.57. The maximum atomic E-state index is 10.3. The Hall–Kier alpha value is -0.630.